The molecule has 2 aliphatic heterocycles. The van der Waals surface area contributed by atoms with Crippen LogP contribution in [-0.4, -0.2) is 18.2 Å². The Hall–Kier alpha value is -1.06. The second-order valence-electron chi connectivity index (χ2n) is 5.80. The van der Waals surface area contributed by atoms with Crippen LogP contribution in [0, 0.1) is 0 Å². The molecule has 2 nitrogen and oxygen atoms in total. The van der Waals surface area contributed by atoms with Gasteiger partial charge in [-0.3, -0.25) is 0 Å². The third-order valence-corrected chi connectivity index (χ3v) is 5.35. The van der Waals surface area contributed by atoms with Gasteiger partial charge >= 0.3 is 0 Å². The van der Waals surface area contributed by atoms with Gasteiger partial charge in [0.15, 0.2) is 0 Å². The van der Waals surface area contributed by atoms with Gasteiger partial charge < -0.3 is 10.1 Å². The van der Waals surface area contributed by atoms with Gasteiger partial charge in [0.25, 0.3) is 0 Å². The predicted molar refractivity (Wildman–Crippen MR) is 80.0 cm³/mol. The Morgan fingerprint density at radius 2 is 1.95 bits per heavy atom. The molecule has 0 amide bonds. The Kier molecular flexibility index (Phi) is 2.97. The second kappa shape index (κ2) is 4.80. The van der Waals surface area contributed by atoms with Crippen molar-refractivity contribution in [1.82, 2.24) is 5.32 Å². The van der Waals surface area contributed by atoms with Crippen molar-refractivity contribution < 1.29 is 4.74 Å². The monoisotopic (exact) mass is 273 g/mol. The van der Waals surface area contributed by atoms with E-state index in [0.717, 1.165) is 18.6 Å². The molecule has 0 spiro atoms. The Balaban J connectivity index is 1.56. The smallest absolute Gasteiger partial charge is 0.137 e. The van der Waals surface area contributed by atoms with E-state index in [0.29, 0.717) is 18.2 Å². The van der Waals surface area contributed by atoms with Gasteiger partial charge in [0.1, 0.15) is 11.9 Å². The molecule has 0 radical (unpaired) electrons. The lowest BCUT2D eigenvalue weighted by atomic mass is 9.85. The summed E-state index contributed by atoms with van der Waals surface area (Å²) < 4.78 is 7.63. The summed E-state index contributed by atoms with van der Waals surface area (Å²) in [4.78, 5) is 0. The van der Waals surface area contributed by atoms with Crippen LogP contribution in [0.1, 0.15) is 32.1 Å². The predicted octanol–water partition coefficient (Wildman–Crippen LogP) is 3.95. The third-order valence-electron chi connectivity index (χ3n) is 4.41. The Morgan fingerprint density at radius 1 is 1.11 bits per heavy atom. The van der Waals surface area contributed by atoms with Gasteiger partial charge in [0.2, 0.25) is 0 Å². The maximum atomic E-state index is 6.33. The zero-order valence-electron chi connectivity index (χ0n) is 11.0. The summed E-state index contributed by atoms with van der Waals surface area (Å²) in [6, 6.07) is 9.92. The van der Waals surface area contributed by atoms with Gasteiger partial charge in [0, 0.05) is 12.1 Å². The van der Waals surface area contributed by atoms with Gasteiger partial charge in [-0.1, -0.05) is 18.6 Å². The molecular formula is C16H19NOS. The molecule has 1 N–H and O–H groups in total. The van der Waals surface area contributed by atoms with Crippen molar-refractivity contribution in [1.29, 1.82) is 0 Å². The van der Waals surface area contributed by atoms with E-state index in [9.17, 15) is 0 Å². The van der Waals surface area contributed by atoms with Gasteiger partial charge in [-0.25, -0.2) is 0 Å². The lowest BCUT2D eigenvalue weighted by molar-refractivity contribution is 0.0941. The van der Waals surface area contributed by atoms with Crippen molar-refractivity contribution >= 4 is 21.4 Å². The van der Waals surface area contributed by atoms with Crippen LogP contribution < -0.4 is 10.1 Å². The molecule has 3 heteroatoms. The van der Waals surface area contributed by atoms with Crippen LogP contribution in [-0.2, 0) is 0 Å². The van der Waals surface area contributed by atoms with Gasteiger partial charge in [-0.2, -0.15) is 0 Å². The molecule has 0 aliphatic carbocycles. The highest BCUT2D eigenvalue weighted by molar-refractivity contribution is 7.17. The first-order valence-corrected chi connectivity index (χ1v) is 8.15. The number of piperidine rings is 2. The molecular weight excluding hydrogens is 254 g/mol. The van der Waals surface area contributed by atoms with Crippen molar-refractivity contribution in [2.75, 3.05) is 0 Å². The molecule has 3 heterocycles. The van der Waals surface area contributed by atoms with Gasteiger partial charge in [0.05, 0.1) is 4.70 Å². The summed E-state index contributed by atoms with van der Waals surface area (Å²) >= 11 is 1.78. The molecule has 0 unspecified atom stereocenters. The molecule has 2 fully saturated rings. The van der Waals surface area contributed by atoms with E-state index in [-0.39, 0.29) is 0 Å². The van der Waals surface area contributed by atoms with Crippen LogP contribution in [0.4, 0.5) is 0 Å². The van der Waals surface area contributed by atoms with E-state index in [1.165, 1.54) is 29.3 Å². The number of benzene rings is 1. The lowest BCUT2D eigenvalue weighted by Crippen LogP contribution is -2.51. The molecule has 1 aromatic heterocycles. The average Bonchev–Trinajstić information content (AvgIpc) is 2.88. The molecule has 1 aromatic carbocycles. The highest BCUT2D eigenvalue weighted by Gasteiger charge is 2.32. The minimum atomic E-state index is 0.393. The van der Waals surface area contributed by atoms with Crippen molar-refractivity contribution in [3.8, 4) is 5.75 Å². The van der Waals surface area contributed by atoms with Crippen molar-refractivity contribution in [3.05, 3.63) is 29.6 Å². The Bertz CT molecular complexity index is 567. The van der Waals surface area contributed by atoms with E-state index in [1.54, 1.807) is 11.3 Å². The van der Waals surface area contributed by atoms with Crippen LogP contribution in [0.15, 0.2) is 29.6 Å². The minimum absolute atomic E-state index is 0.393. The van der Waals surface area contributed by atoms with E-state index in [2.05, 4.69) is 35.0 Å². The molecule has 19 heavy (non-hydrogen) atoms. The number of ether oxygens (including phenoxy) is 1. The number of fused-ring (bicyclic) bond motifs is 3. The molecule has 100 valence electrons. The first-order chi connectivity index (χ1) is 9.38. The first-order valence-electron chi connectivity index (χ1n) is 7.27. The van der Waals surface area contributed by atoms with Gasteiger partial charge in [-0.05, 0) is 48.6 Å². The zero-order chi connectivity index (χ0) is 12.7. The number of thiophene rings is 1. The quantitative estimate of drug-likeness (QED) is 0.894. The van der Waals surface area contributed by atoms with E-state index in [4.69, 9.17) is 4.74 Å². The number of rotatable bonds is 2. The molecule has 2 bridgehead atoms. The lowest BCUT2D eigenvalue weighted by Gasteiger charge is -2.40. The highest BCUT2D eigenvalue weighted by atomic mass is 32.1. The number of hydrogen-bond acceptors (Lipinski definition) is 3. The third kappa shape index (κ3) is 2.26. The maximum Gasteiger partial charge on any atom is 0.137 e. The Labute approximate surface area is 117 Å². The summed E-state index contributed by atoms with van der Waals surface area (Å²) in [6.45, 7) is 0. The SMILES string of the molecule is c1cc(O[C@@H]2C[C@H]3CCC[C@@H](C2)N3)c2sccc2c1. The fourth-order valence-corrected chi connectivity index (χ4v) is 4.40. The highest BCUT2D eigenvalue weighted by Crippen LogP contribution is 2.34. The molecule has 0 saturated carbocycles. The van der Waals surface area contributed by atoms with E-state index >= 15 is 0 Å². The fraction of sp³-hybridized carbons (Fsp3) is 0.500. The summed E-state index contributed by atoms with van der Waals surface area (Å²) in [6.07, 6.45) is 6.75. The first kappa shape index (κ1) is 11.7. The molecule has 2 aliphatic rings. The standard InChI is InChI=1S/C16H19NOS/c1-3-11-7-8-19-16(11)15(6-1)18-14-9-12-4-2-5-13(10-14)17-12/h1,3,6-8,12-14,17H,2,4-5,9-10H2/t12-,13+,14-. The Morgan fingerprint density at radius 3 is 2.79 bits per heavy atom. The van der Waals surface area contributed by atoms with Crippen LogP contribution in [0.25, 0.3) is 10.1 Å². The summed E-state index contributed by atoms with van der Waals surface area (Å²) in [5.74, 6) is 1.08. The molecule has 2 saturated heterocycles. The van der Waals surface area contributed by atoms with Crippen molar-refractivity contribution in [3.63, 3.8) is 0 Å². The van der Waals surface area contributed by atoms with Crippen LogP contribution in [0.2, 0.25) is 0 Å². The van der Waals surface area contributed by atoms with Crippen LogP contribution in [0.5, 0.6) is 5.75 Å². The largest absolute Gasteiger partial charge is 0.489 e. The van der Waals surface area contributed by atoms with E-state index < -0.39 is 0 Å². The fourth-order valence-electron chi connectivity index (χ4n) is 3.55. The number of nitrogens with one attached hydrogen (secondary N) is 1. The molecule has 2 aromatic rings. The topological polar surface area (TPSA) is 21.3 Å². The normalized spacial score (nSPS) is 30.4. The summed E-state index contributed by atoms with van der Waals surface area (Å²) in [5.41, 5.74) is 0. The zero-order valence-corrected chi connectivity index (χ0v) is 11.8. The van der Waals surface area contributed by atoms with E-state index in [1.807, 2.05) is 0 Å². The summed E-state index contributed by atoms with van der Waals surface area (Å²) in [7, 11) is 0. The maximum absolute atomic E-state index is 6.33. The van der Waals surface area contributed by atoms with Crippen molar-refractivity contribution in [2.45, 2.75) is 50.3 Å². The average molecular weight is 273 g/mol. The molecule has 3 atom stereocenters. The molecule has 4 rings (SSSR count). The minimum Gasteiger partial charge on any atom is -0.489 e. The van der Waals surface area contributed by atoms with Crippen LogP contribution in [0.3, 0.4) is 0 Å². The number of hydrogen-bond donors (Lipinski definition) is 1. The second-order valence-corrected chi connectivity index (χ2v) is 6.71. The van der Waals surface area contributed by atoms with Gasteiger partial charge in [-0.15, -0.1) is 11.3 Å². The van der Waals surface area contributed by atoms with Crippen molar-refractivity contribution in [2.24, 2.45) is 0 Å². The summed E-state index contributed by atoms with van der Waals surface area (Å²) in [5, 5.41) is 7.17. The van der Waals surface area contributed by atoms with Crippen LogP contribution >= 0.6 is 11.3 Å².